The maximum atomic E-state index is 14.4. The van der Waals surface area contributed by atoms with Crippen LogP contribution in [-0.4, -0.2) is 187 Å². The van der Waals surface area contributed by atoms with Crippen molar-refractivity contribution in [3.63, 3.8) is 0 Å². The number of aliphatic hydroxyl groups excluding tert-OH is 4. The van der Waals surface area contributed by atoms with Crippen molar-refractivity contribution in [3.8, 4) is 0 Å². The highest BCUT2D eigenvalue weighted by molar-refractivity contribution is 7.99. The second-order valence-electron chi connectivity index (χ2n) is 19.1. The molecule has 0 bridgehead atoms. The highest BCUT2D eigenvalue weighted by atomic mass is 32.2. The van der Waals surface area contributed by atoms with Gasteiger partial charge in [0.15, 0.2) is 5.78 Å². The van der Waals surface area contributed by atoms with E-state index in [0.717, 1.165) is 21.8 Å². The summed E-state index contributed by atoms with van der Waals surface area (Å²) < 4.78 is 2.75. The first-order valence-electron chi connectivity index (χ1n) is 25.0. The zero-order chi connectivity index (χ0) is 57.8. The first-order valence-corrected chi connectivity index (χ1v) is 28.3. The van der Waals surface area contributed by atoms with E-state index in [1.165, 1.54) is 57.7 Å². The Kier molecular flexibility index (Phi) is 26.8. The highest BCUT2D eigenvalue weighted by Gasteiger charge is 2.38. The summed E-state index contributed by atoms with van der Waals surface area (Å²) in [5.41, 5.74) is 5.19. The number of fused-ring (bicyclic) bond motifs is 3. The number of aliphatic hydroxyl groups is 4. The molecule has 2 aromatic heterocycles. The number of aromatic nitrogens is 1. The summed E-state index contributed by atoms with van der Waals surface area (Å²) in [7, 11) is 0. The van der Waals surface area contributed by atoms with Gasteiger partial charge in [-0.25, -0.2) is 0 Å². The molecule has 0 saturated heterocycles. The van der Waals surface area contributed by atoms with E-state index in [1.54, 1.807) is 20.1 Å². The molecule has 12 atom stereocenters. The van der Waals surface area contributed by atoms with E-state index < -0.39 is 163 Å². The number of nitrogens with zero attached hydrogens (tertiary/aromatic N) is 1. The number of carbonyl (C=O) groups excluding carboxylic acids is 11. The number of thioether (sulfide) groups is 2. The normalized spacial score (nSPS) is 23.1. The average Bonchev–Trinajstić information content (AvgIpc) is 3.95. The first kappa shape index (κ1) is 65.4. The van der Waals surface area contributed by atoms with Crippen LogP contribution in [0.2, 0.25) is 0 Å². The van der Waals surface area contributed by atoms with Gasteiger partial charge in [-0.1, -0.05) is 13.8 Å². The molecule has 0 aromatic carbocycles. The molecular formula is C48H75N11O15S3. The number of carbonyl (C=O) groups is 11. The molecule has 0 unspecified atom stereocenters. The van der Waals surface area contributed by atoms with Crippen LogP contribution in [0.15, 0.2) is 22.7 Å². The van der Waals surface area contributed by atoms with Crippen molar-refractivity contribution in [2.75, 3.05) is 31.0 Å². The summed E-state index contributed by atoms with van der Waals surface area (Å²) in [4.78, 5) is 148. The van der Waals surface area contributed by atoms with E-state index in [-0.39, 0.29) is 24.3 Å². The summed E-state index contributed by atoms with van der Waals surface area (Å²) in [6.07, 6.45) is 0.390. The minimum Gasteiger partial charge on any atom is -0.396 e. The van der Waals surface area contributed by atoms with Crippen molar-refractivity contribution in [3.05, 3.63) is 17.6 Å². The lowest BCUT2D eigenvalue weighted by Gasteiger charge is -2.30. The van der Waals surface area contributed by atoms with Gasteiger partial charge in [-0.2, -0.15) is 11.8 Å². The van der Waals surface area contributed by atoms with Gasteiger partial charge >= 0.3 is 0 Å². The van der Waals surface area contributed by atoms with Crippen molar-refractivity contribution in [1.82, 2.24) is 52.4 Å². The van der Waals surface area contributed by atoms with Gasteiger partial charge in [0.25, 0.3) is 0 Å². The third kappa shape index (κ3) is 19.8. The third-order valence-electron chi connectivity index (χ3n) is 12.4. The second kappa shape index (κ2) is 31.5. The Labute approximate surface area is 458 Å². The molecule has 1 aliphatic heterocycles. The molecule has 0 fully saturated rings. The lowest BCUT2D eigenvalue weighted by atomic mass is 9.98. The number of amides is 10. The minimum absolute atomic E-state index is 0.0414. The number of thiophene rings is 1. The first-order chi connectivity index (χ1) is 36.2. The number of Topliss-reactive ketones (excluding diaryl/α,β-unsaturated/α-hetero) is 1. The van der Waals surface area contributed by atoms with Gasteiger partial charge in [-0.3, -0.25) is 52.7 Å². The van der Waals surface area contributed by atoms with Crippen molar-refractivity contribution < 1.29 is 73.2 Å². The maximum absolute atomic E-state index is 14.4. The van der Waals surface area contributed by atoms with E-state index in [1.807, 2.05) is 22.2 Å². The van der Waals surface area contributed by atoms with Crippen molar-refractivity contribution in [2.45, 2.75) is 159 Å². The fourth-order valence-corrected chi connectivity index (χ4v) is 10.5. The van der Waals surface area contributed by atoms with Crippen LogP contribution in [0.1, 0.15) is 80.6 Å². The molecule has 15 N–H and O–H groups in total. The average molecular weight is 1140 g/mol. The van der Waals surface area contributed by atoms with E-state index in [0.29, 0.717) is 24.4 Å². The number of primary amides is 1. The van der Waals surface area contributed by atoms with E-state index in [2.05, 4.69) is 47.9 Å². The van der Waals surface area contributed by atoms with Crippen LogP contribution in [0.4, 0.5) is 0 Å². The van der Waals surface area contributed by atoms with Gasteiger partial charge in [0, 0.05) is 37.2 Å². The number of hydrogen-bond acceptors (Lipinski definition) is 18. The van der Waals surface area contributed by atoms with Crippen molar-refractivity contribution >= 4 is 110 Å². The molecule has 10 amide bonds. The number of hydrogen-bond donors (Lipinski definition) is 14. The smallest absolute Gasteiger partial charge is 0.245 e. The Morgan fingerprint density at radius 1 is 0.766 bits per heavy atom. The molecule has 0 spiro atoms. The number of ketones is 1. The van der Waals surface area contributed by atoms with Gasteiger partial charge in [0.1, 0.15) is 48.3 Å². The topological polar surface area (TPSA) is 408 Å². The Balaban J connectivity index is 2.13. The fourth-order valence-electron chi connectivity index (χ4n) is 7.87. The molecule has 3 heterocycles. The standard InChI is InChI=1S/C48H75N11O15S3/c1-22(2)36-45(72)58-38(26(6)63)46(73)53-31(13-15-75-8)44(71)57-37(25(5)62)47(74)55-33(34(65)17-28(19-60)42(69)51-24(4)41(68)54-32(20-61)39(49)66)21-77-48-29-12-16-76-35(29)18-59(48)14-10-9-11-30(43(70)56-36)52-40(67)23(3)50-27(7)64/h12,16,18,22-26,28,30-33,36-38,60-63H,9-11,13-15,17,19-21H2,1-8H3,(H2,49,66)(H,50,64)(H,51,69)(H,52,67)(H,53,73)(H,54,68)(H,55,74)(H,56,70)(H,57,71)(H,58,72)/t23-,24-,25+,26+,28-,30-,31-,32-,33-,36-,37-,38-/m0/s1. The van der Waals surface area contributed by atoms with Crippen LogP contribution in [-0.2, 0) is 59.3 Å². The Morgan fingerprint density at radius 3 is 1.94 bits per heavy atom. The Morgan fingerprint density at radius 2 is 1.36 bits per heavy atom. The van der Waals surface area contributed by atoms with Crippen LogP contribution in [0.3, 0.4) is 0 Å². The molecule has 77 heavy (non-hydrogen) atoms. The van der Waals surface area contributed by atoms with Crippen LogP contribution >= 0.6 is 34.9 Å². The molecule has 2 aromatic rings. The van der Waals surface area contributed by atoms with Crippen LogP contribution in [0, 0.1) is 11.8 Å². The molecule has 0 saturated carbocycles. The highest BCUT2D eigenvalue weighted by Crippen LogP contribution is 2.34. The van der Waals surface area contributed by atoms with Crippen molar-refractivity contribution in [2.24, 2.45) is 17.6 Å². The van der Waals surface area contributed by atoms with E-state index in [4.69, 9.17) is 5.73 Å². The molecule has 430 valence electrons. The zero-order valence-corrected chi connectivity index (χ0v) is 46.8. The molecular weight excluding hydrogens is 1070 g/mol. The Bertz CT molecular complexity index is 2420. The predicted octanol–water partition coefficient (Wildman–Crippen LogP) is -3.38. The zero-order valence-electron chi connectivity index (χ0n) is 44.3. The lowest BCUT2D eigenvalue weighted by Crippen LogP contribution is -2.63. The molecule has 29 heteroatoms. The third-order valence-corrected chi connectivity index (χ3v) is 15.1. The number of nitrogens with two attached hydrogens (primary N) is 1. The largest absolute Gasteiger partial charge is 0.396 e. The van der Waals surface area contributed by atoms with Gasteiger partial charge in [0.2, 0.25) is 59.1 Å². The molecule has 0 aliphatic carbocycles. The lowest BCUT2D eigenvalue weighted by molar-refractivity contribution is -0.138. The van der Waals surface area contributed by atoms with Crippen LogP contribution in [0.5, 0.6) is 0 Å². The molecule has 0 radical (unpaired) electrons. The summed E-state index contributed by atoms with van der Waals surface area (Å²) in [6, 6.07) is -11.0. The molecule has 1 aliphatic rings. The summed E-state index contributed by atoms with van der Waals surface area (Å²) in [6.45, 7) is 8.14. The Hall–Kier alpha value is -5.85. The van der Waals surface area contributed by atoms with Crippen LogP contribution in [0.25, 0.3) is 10.1 Å². The second-order valence-corrected chi connectivity index (χ2v) is 22.1. The van der Waals surface area contributed by atoms with Gasteiger partial charge in [0.05, 0.1) is 47.1 Å². The summed E-state index contributed by atoms with van der Waals surface area (Å²) in [5, 5.41) is 67.2. The monoisotopic (exact) mass is 1140 g/mol. The van der Waals surface area contributed by atoms with E-state index >= 15 is 0 Å². The number of nitrogens with one attached hydrogen (secondary N) is 9. The van der Waals surface area contributed by atoms with Gasteiger partial charge in [-0.15, -0.1) is 23.1 Å². The summed E-state index contributed by atoms with van der Waals surface area (Å²) >= 11 is 3.86. The fraction of sp³-hybridized carbons (Fsp3) is 0.646. The van der Waals surface area contributed by atoms with Gasteiger partial charge in [-0.05, 0) is 82.8 Å². The molecule has 3 rings (SSSR count). The van der Waals surface area contributed by atoms with E-state index in [9.17, 15) is 73.2 Å². The number of aryl methyl sites for hydroxylation is 1. The van der Waals surface area contributed by atoms with Gasteiger partial charge < -0.3 is 78.6 Å². The molecule has 26 nitrogen and oxygen atoms in total. The van der Waals surface area contributed by atoms with Crippen molar-refractivity contribution in [1.29, 1.82) is 0 Å². The number of rotatable bonds is 19. The quantitative estimate of drug-likeness (QED) is 0.0653. The predicted molar refractivity (Wildman–Crippen MR) is 286 cm³/mol. The van der Waals surface area contributed by atoms with Crippen LogP contribution < -0.4 is 53.6 Å². The minimum atomic E-state index is -1.76. The SMILES string of the molecule is CSCC[C@@H]1NC(=O)[C@H]([C@@H](C)O)NC(=O)[C@H](C(C)C)NC(=O)[C@@H](NC(=O)[C@H](C)NC(C)=O)CCCCn2cc3sccc3c2SC[C@@H](C(=O)C[C@@H](CO)C(=O)N[C@@H](C)C(=O)N[C@@H](CO)C(N)=O)NC(=O)[C@H]([C@@H](C)O)NC1=O. The maximum Gasteiger partial charge on any atom is 0.245 e. The summed E-state index contributed by atoms with van der Waals surface area (Å²) in [5.74, 6) is -11.7.